The Kier molecular flexibility index (Phi) is 3.39. The van der Waals surface area contributed by atoms with Crippen LogP contribution in [0, 0.1) is 0 Å². The molecule has 0 heterocycles. The molecule has 0 amide bonds. The number of hydrogen-bond donors (Lipinski definition) is 0. The summed E-state index contributed by atoms with van der Waals surface area (Å²) in [5.41, 5.74) is 0. The molecule has 0 atom stereocenters. The summed E-state index contributed by atoms with van der Waals surface area (Å²) in [5.74, 6) is 0.162. The van der Waals surface area contributed by atoms with E-state index in [9.17, 15) is 4.79 Å². The van der Waals surface area contributed by atoms with Gasteiger partial charge in [-0.1, -0.05) is 18.9 Å². The molecule has 0 aromatic carbocycles. The summed E-state index contributed by atoms with van der Waals surface area (Å²) in [5, 5.41) is 0. The van der Waals surface area contributed by atoms with Crippen LogP contribution in [0.4, 0.5) is 0 Å². The molecule has 1 saturated carbocycles. The van der Waals surface area contributed by atoms with Crippen LogP contribution in [0.5, 0.6) is 0 Å². The molecule has 1 aliphatic carbocycles. The number of ketones is 1. The van der Waals surface area contributed by atoms with Gasteiger partial charge in [-0.15, -0.1) is 0 Å². The molecule has 1 fully saturated rings. The maximum Gasteiger partial charge on any atom is 0.152 e. The average Bonchev–Trinajstić information content (AvgIpc) is 2.50. The maximum absolute atomic E-state index is 10.8. The Bertz CT molecular complexity index is 190. The number of carbonyl (C=O) groups is 1. The number of rotatable bonds is 3. The summed E-state index contributed by atoms with van der Waals surface area (Å²) >= 11 is 1.88. The summed E-state index contributed by atoms with van der Waals surface area (Å²) in [4.78, 5) is 10.8. The predicted octanol–water partition coefficient (Wildman–Crippen LogP) is 2.81. The van der Waals surface area contributed by atoms with Crippen LogP contribution in [0.2, 0.25) is 0 Å². The molecule has 0 aliphatic heterocycles. The Morgan fingerprint density at radius 1 is 1.42 bits per heavy atom. The fourth-order valence-electron chi connectivity index (χ4n) is 1.68. The molecule has 0 aromatic heterocycles. The minimum Gasteiger partial charge on any atom is -0.295 e. The molecule has 0 N–H and O–H groups in total. The monoisotopic (exact) mass is 184 g/mol. The highest BCUT2D eigenvalue weighted by atomic mass is 32.2. The summed E-state index contributed by atoms with van der Waals surface area (Å²) in [6, 6.07) is 0. The van der Waals surface area contributed by atoms with Gasteiger partial charge in [0.1, 0.15) is 0 Å². The standard InChI is InChI=1S/C10H16OS/c1-9(11)5-8-10(12-2)6-3-4-7-10/h5,8H,3-4,6-7H2,1-2H3/b8-5+. The van der Waals surface area contributed by atoms with Gasteiger partial charge in [0.15, 0.2) is 5.78 Å². The van der Waals surface area contributed by atoms with Crippen LogP contribution in [-0.4, -0.2) is 16.8 Å². The molecule has 0 saturated heterocycles. The molecule has 1 rings (SSSR count). The van der Waals surface area contributed by atoms with Crippen molar-refractivity contribution in [3.63, 3.8) is 0 Å². The van der Waals surface area contributed by atoms with Crippen molar-refractivity contribution in [1.29, 1.82) is 0 Å². The van der Waals surface area contributed by atoms with Gasteiger partial charge in [-0.25, -0.2) is 0 Å². The Hall–Kier alpha value is -0.240. The Labute approximate surface area is 78.6 Å². The van der Waals surface area contributed by atoms with E-state index in [0.29, 0.717) is 0 Å². The van der Waals surface area contributed by atoms with Gasteiger partial charge < -0.3 is 0 Å². The van der Waals surface area contributed by atoms with E-state index < -0.39 is 0 Å². The molecule has 2 heteroatoms. The van der Waals surface area contributed by atoms with Crippen molar-refractivity contribution in [2.24, 2.45) is 0 Å². The number of hydrogen-bond acceptors (Lipinski definition) is 2. The largest absolute Gasteiger partial charge is 0.295 e. The zero-order valence-electron chi connectivity index (χ0n) is 7.80. The SMILES string of the molecule is CSC1(/C=C/C(C)=O)CCCC1. The first kappa shape index (κ1) is 9.85. The normalized spacial score (nSPS) is 21.8. The van der Waals surface area contributed by atoms with E-state index in [1.165, 1.54) is 25.7 Å². The third kappa shape index (κ3) is 2.37. The first-order valence-corrected chi connectivity index (χ1v) is 5.66. The highest BCUT2D eigenvalue weighted by molar-refractivity contribution is 8.00. The van der Waals surface area contributed by atoms with Crippen LogP contribution in [0.1, 0.15) is 32.6 Å². The van der Waals surface area contributed by atoms with Gasteiger partial charge in [-0.3, -0.25) is 4.79 Å². The highest BCUT2D eigenvalue weighted by Gasteiger charge is 2.29. The Morgan fingerprint density at radius 3 is 2.42 bits per heavy atom. The van der Waals surface area contributed by atoms with Crippen molar-refractivity contribution in [3.05, 3.63) is 12.2 Å². The fraction of sp³-hybridized carbons (Fsp3) is 0.700. The van der Waals surface area contributed by atoms with E-state index >= 15 is 0 Å². The van der Waals surface area contributed by atoms with Crippen LogP contribution in [0.25, 0.3) is 0 Å². The zero-order chi connectivity index (χ0) is 9.03. The first-order valence-electron chi connectivity index (χ1n) is 4.43. The second kappa shape index (κ2) is 4.13. The van der Waals surface area contributed by atoms with Gasteiger partial charge in [-0.05, 0) is 32.1 Å². The van der Waals surface area contributed by atoms with E-state index in [-0.39, 0.29) is 10.5 Å². The molecule has 0 spiro atoms. The van der Waals surface area contributed by atoms with Crippen molar-refractivity contribution < 1.29 is 4.79 Å². The van der Waals surface area contributed by atoms with Crippen LogP contribution < -0.4 is 0 Å². The van der Waals surface area contributed by atoms with Gasteiger partial charge in [0, 0.05) is 4.75 Å². The van der Waals surface area contributed by atoms with Gasteiger partial charge >= 0.3 is 0 Å². The van der Waals surface area contributed by atoms with Gasteiger partial charge in [0.25, 0.3) is 0 Å². The summed E-state index contributed by atoms with van der Waals surface area (Å²) < 4.78 is 0.283. The van der Waals surface area contributed by atoms with Crippen LogP contribution in [0.15, 0.2) is 12.2 Å². The smallest absolute Gasteiger partial charge is 0.152 e. The molecule has 1 aliphatic rings. The lowest BCUT2D eigenvalue weighted by Crippen LogP contribution is -2.15. The lowest BCUT2D eigenvalue weighted by Gasteiger charge is -2.21. The van der Waals surface area contributed by atoms with Crippen molar-refractivity contribution in [3.8, 4) is 0 Å². The Balaban J connectivity index is 2.61. The highest BCUT2D eigenvalue weighted by Crippen LogP contribution is 2.41. The minimum atomic E-state index is 0.162. The van der Waals surface area contributed by atoms with E-state index in [1.807, 2.05) is 11.8 Å². The topological polar surface area (TPSA) is 17.1 Å². The van der Waals surface area contributed by atoms with Crippen LogP contribution >= 0.6 is 11.8 Å². The van der Waals surface area contributed by atoms with E-state index in [4.69, 9.17) is 0 Å². The Morgan fingerprint density at radius 2 is 2.00 bits per heavy atom. The molecule has 12 heavy (non-hydrogen) atoms. The second-order valence-electron chi connectivity index (χ2n) is 3.42. The molecule has 68 valence electrons. The third-order valence-corrected chi connectivity index (χ3v) is 3.84. The van der Waals surface area contributed by atoms with E-state index in [0.717, 1.165) is 0 Å². The van der Waals surface area contributed by atoms with Gasteiger partial charge in [-0.2, -0.15) is 11.8 Å². The molecular weight excluding hydrogens is 168 g/mol. The fourth-order valence-corrected chi connectivity index (χ4v) is 2.58. The number of thioether (sulfide) groups is 1. The van der Waals surface area contributed by atoms with Crippen molar-refractivity contribution in [2.75, 3.05) is 6.26 Å². The summed E-state index contributed by atoms with van der Waals surface area (Å²) in [7, 11) is 0. The zero-order valence-corrected chi connectivity index (χ0v) is 8.62. The molecule has 0 aromatic rings. The second-order valence-corrected chi connectivity index (χ2v) is 4.64. The number of allylic oxidation sites excluding steroid dienone is 1. The summed E-state index contributed by atoms with van der Waals surface area (Å²) in [6.45, 7) is 1.61. The summed E-state index contributed by atoms with van der Waals surface area (Å²) in [6.07, 6.45) is 11.0. The lowest BCUT2D eigenvalue weighted by atomic mass is 10.1. The predicted molar refractivity (Wildman–Crippen MR) is 54.5 cm³/mol. The molecule has 1 nitrogen and oxygen atoms in total. The molecular formula is C10H16OS. The van der Waals surface area contributed by atoms with Crippen molar-refractivity contribution in [1.82, 2.24) is 0 Å². The number of carbonyl (C=O) groups excluding carboxylic acids is 1. The van der Waals surface area contributed by atoms with Crippen molar-refractivity contribution in [2.45, 2.75) is 37.4 Å². The van der Waals surface area contributed by atoms with Crippen molar-refractivity contribution >= 4 is 17.5 Å². The third-order valence-electron chi connectivity index (χ3n) is 2.48. The molecule has 0 radical (unpaired) electrons. The molecule has 0 bridgehead atoms. The molecule has 0 unspecified atom stereocenters. The van der Waals surface area contributed by atoms with Gasteiger partial charge in [0.2, 0.25) is 0 Å². The van der Waals surface area contributed by atoms with Gasteiger partial charge in [0.05, 0.1) is 0 Å². The lowest BCUT2D eigenvalue weighted by molar-refractivity contribution is -0.112. The minimum absolute atomic E-state index is 0.162. The van der Waals surface area contributed by atoms with E-state index in [2.05, 4.69) is 12.3 Å². The van der Waals surface area contributed by atoms with E-state index in [1.54, 1.807) is 13.0 Å². The quantitative estimate of drug-likeness (QED) is 0.627. The first-order chi connectivity index (χ1) is 5.68. The van der Waals surface area contributed by atoms with Crippen LogP contribution in [0.3, 0.4) is 0 Å². The average molecular weight is 184 g/mol. The van der Waals surface area contributed by atoms with Crippen LogP contribution in [-0.2, 0) is 4.79 Å². The maximum atomic E-state index is 10.8.